The summed E-state index contributed by atoms with van der Waals surface area (Å²) in [6, 6.07) is 9.65. The third kappa shape index (κ3) is 2.39. The van der Waals surface area contributed by atoms with Crippen LogP contribution in [0.2, 0.25) is 0 Å². The lowest BCUT2D eigenvalue weighted by Crippen LogP contribution is -2.37. The van der Waals surface area contributed by atoms with E-state index in [1.54, 1.807) is 18.2 Å². The number of carbonyl (C=O) groups is 1. The van der Waals surface area contributed by atoms with Crippen molar-refractivity contribution >= 4 is 16.9 Å². The molecule has 6 nitrogen and oxygen atoms in total. The van der Waals surface area contributed by atoms with Crippen LogP contribution in [0.15, 0.2) is 40.9 Å². The predicted octanol–water partition coefficient (Wildman–Crippen LogP) is 2.61. The van der Waals surface area contributed by atoms with Crippen molar-refractivity contribution in [2.24, 2.45) is 0 Å². The van der Waals surface area contributed by atoms with Gasteiger partial charge in [0.1, 0.15) is 5.58 Å². The zero-order valence-electron chi connectivity index (χ0n) is 13.7. The lowest BCUT2D eigenvalue weighted by atomic mass is 10.1. The second-order valence-corrected chi connectivity index (χ2v) is 6.10. The number of benzene rings is 1. The van der Waals surface area contributed by atoms with E-state index in [1.807, 2.05) is 41.9 Å². The van der Waals surface area contributed by atoms with E-state index in [9.17, 15) is 4.79 Å². The summed E-state index contributed by atoms with van der Waals surface area (Å²) >= 11 is 0. The molecule has 2 aromatic heterocycles. The number of fused-ring (bicyclic) bond motifs is 2. The second kappa shape index (κ2) is 5.79. The van der Waals surface area contributed by atoms with Gasteiger partial charge >= 0.3 is 0 Å². The Bertz CT molecular complexity index is 896. The number of methoxy groups -OCH3 is 1. The summed E-state index contributed by atoms with van der Waals surface area (Å²) in [6.07, 6.45) is 1.66. The van der Waals surface area contributed by atoms with Crippen molar-refractivity contribution in [3.63, 3.8) is 0 Å². The van der Waals surface area contributed by atoms with Gasteiger partial charge in [-0.2, -0.15) is 5.10 Å². The molecule has 1 aliphatic rings. The van der Waals surface area contributed by atoms with Crippen molar-refractivity contribution in [2.45, 2.75) is 26.1 Å². The van der Waals surface area contributed by atoms with Gasteiger partial charge in [0.25, 0.3) is 5.91 Å². The van der Waals surface area contributed by atoms with Crippen LogP contribution < -0.4 is 0 Å². The quantitative estimate of drug-likeness (QED) is 0.727. The maximum absolute atomic E-state index is 13.1. The van der Waals surface area contributed by atoms with E-state index in [2.05, 4.69) is 5.10 Å². The maximum Gasteiger partial charge on any atom is 0.290 e. The van der Waals surface area contributed by atoms with Crippen LogP contribution in [0.25, 0.3) is 11.0 Å². The SMILES string of the molecule is COC1CN(C(=O)c2oc3ccccc3c2C)Cc2ccnn2C1. The van der Waals surface area contributed by atoms with Crippen molar-refractivity contribution < 1.29 is 13.9 Å². The van der Waals surface area contributed by atoms with E-state index >= 15 is 0 Å². The van der Waals surface area contributed by atoms with Gasteiger partial charge in [0.2, 0.25) is 0 Å². The number of rotatable bonds is 2. The Labute approximate surface area is 139 Å². The molecule has 124 valence electrons. The fourth-order valence-electron chi connectivity index (χ4n) is 3.24. The standard InChI is InChI=1S/C18H19N3O3/c1-12-15-5-3-4-6-16(15)24-17(12)18(22)20-9-13-7-8-19-21(13)11-14(10-20)23-2/h3-8,14H,9-11H2,1-2H3. The highest BCUT2D eigenvalue weighted by atomic mass is 16.5. The molecule has 0 bridgehead atoms. The van der Waals surface area contributed by atoms with Crippen LogP contribution in [0.3, 0.4) is 0 Å². The molecule has 1 unspecified atom stereocenters. The molecule has 6 heteroatoms. The summed E-state index contributed by atoms with van der Waals surface area (Å²) in [5.41, 5.74) is 2.61. The zero-order valence-corrected chi connectivity index (χ0v) is 13.7. The fourth-order valence-corrected chi connectivity index (χ4v) is 3.24. The number of furan rings is 1. The molecule has 0 saturated carbocycles. The minimum atomic E-state index is -0.111. The number of aromatic nitrogens is 2. The van der Waals surface area contributed by atoms with Crippen molar-refractivity contribution in [1.82, 2.24) is 14.7 Å². The Morgan fingerprint density at radius 2 is 2.12 bits per heavy atom. The topological polar surface area (TPSA) is 60.5 Å². The Hall–Kier alpha value is -2.60. The number of aryl methyl sites for hydroxylation is 1. The van der Waals surface area contributed by atoms with Gasteiger partial charge in [-0.05, 0) is 19.1 Å². The van der Waals surface area contributed by atoms with Gasteiger partial charge in [0.15, 0.2) is 5.76 Å². The number of carbonyl (C=O) groups excluding carboxylic acids is 1. The molecule has 3 aromatic rings. The normalized spacial score (nSPS) is 17.8. The smallest absolute Gasteiger partial charge is 0.290 e. The van der Waals surface area contributed by atoms with E-state index < -0.39 is 0 Å². The summed E-state index contributed by atoms with van der Waals surface area (Å²) in [6.45, 7) is 3.57. The Morgan fingerprint density at radius 1 is 1.29 bits per heavy atom. The molecule has 1 atom stereocenters. The lowest BCUT2D eigenvalue weighted by Gasteiger charge is -2.22. The first kappa shape index (κ1) is 15.0. The molecule has 1 aliphatic heterocycles. The molecule has 0 fully saturated rings. The molecule has 0 aliphatic carbocycles. The van der Waals surface area contributed by atoms with E-state index in [4.69, 9.17) is 9.15 Å². The first-order chi connectivity index (χ1) is 11.7. The summed E-state index contributed by atoms with van der Waals surface area (Å²) < 4.78 is 13.3. The van der Waals surface area contributed by atoms with Gasteiger partial charge in [-0.3, -0.25) is 9.48 Å². The van der Waals surface area contributed by atoms with Gasteiger partial charge < -0.3 is 14.1 Å². The summed E-state index contributed by atoms with van der Waals surface area (Å²) in [5, 5.41) is 5.28. The van der Waals surface area contributed by atoms with Gasteiger partial charge in [-0.15, -0.1) is 0 Å². The average Bonchev–Trinajstić information content (AvgIpc) is 3.12. The molecule has 3 heterocycles. The monoisotopic (exact) mass is 325 g/mol. The minimum Gasteiger partial charge on any atom is -0.451 e. The van der Waals surface area contributed by atoms with Crippen LogP contribution >= 0.6 is 0 Å². The van der Waals surface area contributed by atoms with E-state index in [-0.39, 0.29) is 12.0 Å². The summed E-state index contributed by atoms with van der Waals surface area (Å²) in [7, 11) is 1.66. The molecular formula is C18H19N3O3. The largest absolute Gasteiger partial charge is 0.451 e. The molecule has 0 spiro atoms. The first-order valence-corrected chi connectivity index (χ1v) is 7.98. The molecule has 0 N–H and O–H groups in total. The van der Waals surface area contributed by atoms with Gasteiger partial charge in [0.05, 0.1) is 24.9 Å². The van der Waals surface area contributed by atoms with Crippen LogP contribution in [0.1, 0.15) is 21.8 Å². The molecule has 24 heavy (non-hydrogen) atoms. The number of amides is 1. The highest BCUT2D eigenvalue weighted by Gasteiger charge is 2.29. The summed E-state index contributed by atoms with van der Waals surface area (Å²) in [5.74, 6) is 0.291. The van der Waals surface area contributed by atoms with Crippen LogP contribution in [0.5, 0.6) is 0 Å². The molecule has 1 aromatic carbocycles. The fraction of sp³-hybridized carbons (Fsp3) is 0.333. The number of hydrogen-bond acceptors (Lipinski definition) is 4. The van der Waals surface area contributed by atoms with Crippen molar-refractivity contribution in [3.8, 4) is 0 Å². The zero-order chi connectivity index (χ0) is 16.7. The molecule has 4 rings (SSSR count). The predicted molar refractivity (Wildman–Crippen MR) is 88.7 cm³/mol. The number of hydrogen-bond donors (Lipinski definition) is 0. The van der Waals surface area contributed by atoms with Gasteiger partial charge in [-0.1, -0.05) is 18.2 Å². The number of ether oxygens (including phenoxy) is 1. The Balaban J connectivity index is 1.71. The molecule has 0 radical (unpaired) electrons. The van der Waals surface area contributed by atoms with Crippen LogP contribution in [0, 0.1) is 6.92 Å². The van der Waals surface area contributed by atoms with E-state index in [0.717, 1.165) is 22.2 Å². The first-order valence-electron chi connectivity index (χ1n) is 7.98. The van der Waals surface area contributed by atoms with Crippen molar-refractivity contribution in [2.75, 3.05) is 13.7 Å². The molecule has 1 amide bonds. The Morgan fingerprint density at radius 3 is 2.92 bits per heavy atom. The van der Waals surface area contributed by atoms with Crippen LogP contribution in [-0.4, -0.2) is 40.3 Å². The van der Waals surface area contributed by atoms with Gasteiger partial charge in [-0.25, -0.2) is 0 Å². The highest BCUT2D eigenvalue weighted by molar-refractivity contribution is 5.98. The average molecular weight is 325 g/mol. The third-order valence-electron chi connectivity index (χ3n) is 4.62. The highest BCUT2D eigenvalue weighted by Crippen LogP contribution is 2.27. The number of para-hydroxylation sites is 1. The third-order valence-corrected chi connectivity index (χ3v) is 4.62. The van der Waals surface area contributed by atoms with E-state index in [0.29, 0.717) is 25.4 Å². The minimum absolute atomic E-state index is 0.0974. The van der Waals surface area contributed by atoms with E-state index in [1.165, 1.54) is 0 Å². The van der Waals surface area contributed by atoms with Crippen LogP contribution in [-0.2, 0) is 17.8 Å². The second-order valence-electron chi connectivity index (χ2n) is 6.10. The van der Waals surface area contributed by atoms with Gasteiger partial charge in [0, 0.05) is 30.8 Å². The van der Waals surface area contributed by atoms with Crippen LogP contribution in [0.4, 0.5) is 0 Å². The summed E-state index contributed by atoms with van der Waals surface area (Å²) in [4.78, 5) is 14.9. The lowest BCUT2D eigenvalue weighted by molar-refractivity contribution is 0.0431. The molecular weight excluding hydrogens is 306 g/mol. The Kier molecular flexibility index (Phi) is 3.61. The van der Waals surface area contributed by atoms with Crippen molar-refractivity contribution in [3.05, 3.63) is 53.5 Å². The van der Waals surface area contributed by atoms with Crippen molar-refractivity contribution in [1.29, 1.82) is 0 Å². The maximum atomic E-state index is 13.1. The molecule has 0 saturated heterocycles. The number of nitrogens with zero attached hydrogens (tertiary/aromatic N) is 3.